The van der Waals surface area contributed by atoms with Crippen LogP contribution in [0.4, 0.5) is 0 Å². The zero-order valence-corrected chi connectivity index (χ0v) is 12.4. The molecule has 0 fully saturated rings. The molecule has 0 saturated carbocycles. The number of hydrogen-bond acceptors (Lipinski definition) is 6. The summed E-state index contributed by atoms with van der Waals surface area (Å²) in [6.07, 6.45) is 2.70. The van der Waals surface area contributed by atoms with E-state index in [4.69, 9.17) is 8.42 Å². The van der Waals surface area contributed by atoms with Crippen molar-refractivity contribution >= 4 is 30.1 Å². The van der Waals surface area contributed by atoms with Gasteiger partial charge in [-0.05, 0) is 19.6 Å². The summed E-state index contributed by atoms with van der Waals surface area (Å²) in [6, 6.07) is 0. The van der Waals surface area contributed by atoms with Gasteiger partial charge in [0, 0.05) is 0 Å². The van der Waals surface area contributed by atoms with E-state index >= 15 is 0 Å². The van der Waals surface area contributed by atoms with Gasteiger partial charge in [0.2, 0.25) is 8.32 Å². The minimum absolute atomic E-state index is 0.110. The van der Waals surface area contributed by atoms with Gasteiger partial charge in [-0.3, -0.25) is 12.6 Å². The van der Waals surface area contributed by atoms with Crippen LogP contribution in [0.2, 0.25) is 19.6 Å². The van der Waals surface area contributed by atoms with E-state index in [2.05, 4.69) is 8.37 Å². The van der Waals surface area contributed by atoms with E-state index in [9.17, 15) is 12.6 Å². The molecule has 0 bridgehead atoms. The van der Waals surface area contributed by atoms with Crippen LogP contribution in [0.25, 0.3) is 0 Å². The molecule has 0 aliphatic rings. The Hall–Kier alpha value is -0.103. The average Bonchev–Trinajstić information content (AvgIpc) is 2.06. The molecule has 0 amide bonds. The lowest BCUT2D eigenvalue weighted by molar-refractivity contribution is 0.298. The molecule has 0 saturated heterocycles. The van der Waals surface area contributed by atoms with Gasteiger partial charge in [-0.15, -0.1) is 0 Å². The predicted octanol–water partition coefficient (Wildman–Crippen LogP) is 0.809. The van der Waals surface area contributed by atoms with Crippen molar-refractivity contribution in [2.75, 3.05) is 13.2 Å². The lowest BCUT2D eigenvalue weighted by Crippen LogP contribution is -2.30. The molecule has 0 aliphatic heterocycles. The third kappa shape index (κ3) is 12.1. The molecule has 0 aromatic rings. The minimum atomic E-state index is -3.98. The Bertz CT molecular complexity index is 370. The third-order valence-electron chi connectivity index (χ3n) is 1.09. The predicted molar refractivity (Wildman–Crippen MR) is 65.2 cm³/mol. The quantitative estimate of drug-likeness (QED) is 0.402. The molecule has 0 aliphatic carbocycles. The third-order valence-corrected chi connectivity index (χ3v) is 4.67. The Labute approximate surface area is 105 Å². The molecule has 0 aromatic carbocycles. The van der Waals surface area contributed by atoms with E-state index in [1.807, 2.05) is 0 Å². The van der Waals surface area contributed by atoms with E-state index in [0.717, 1.165) is 0 Å². The zero-order chi connectivity index (χ0) is 13.5. The average molecular weight is 304 g/mol. The normalized spacial score (nSPS) is 15.3. The summed E-state index contributed by atoms with van der Waals surface area (Å²) in [5.74, 6) is 0. The standard InChI is InChI=1S/C7H16O7S2Si/c1-17(2,3)14-16(10,11)13-7-5-4-6-12-15(8)9/h4-5H,6-7H2,1-3H3,(H,8,9)/b5-4+. The number of rotatable bonds is 8. The highest BCUT2D eigenvalue weighted by atomic mass is 32.3. The van der Waals surface area contributed by atoms with Crippen molar-refractivity contribution in [2.24, 2.45) is 0 Å². The van der Waals surface area contributed by atoms with Gasteiger partial charge >= 0.3 is 21.8 Å². The van der Waals surface area contributed by atoms with Crippen LogP contribution in [0.5, 0.6) is 0 Å². The van der Waals surface area contributed by atoms with Crippen molar-refractivity contribution < 1.29 is 29.4 Å². The van der Waals surface area contributed by atoms with Crippen molar-refractivity contribution in [2.45, 2.75) is 19.6 Å². The van der Waals surface area contributed by atoms with Gasteiger partial charge in [0.05, 0.1) is 13.2 Å². The fourth-order valence-corrected chi connectivity index (χ4v) is 3.77. The molecule has 7 nitrogen and oxygen atoms in total. The lowest BCUT2D eigenvalue weighted by atomic mass is 10.5. The largest absolute Gasteiger partial charge is 0.390 e. The molecule has 102 valence electrons. The summed E-state index contributed by atoms with van der Waals surface area (Å²) < 4.78 is 54.3. The number of hydrogen-bond donors (Lipinski definition) is 1. The molecule has 0 spiro atoms. The topological polar surface area (TPSA) is 99.1 Å². The summed E-state index contributed by atoms with van der Waals surface area (Å²) in [4.78, 5) is 0. The first-order chi connectivity index (χ1) is 7.62. The Morgan fingerprint density at radius 1 is 1.24 bits per heavy atom. The molecule has 1 atom stereocenters. The van der Waals surface area contributed by atoms with Gasteiger partial charge < -0.3 is 0 Å². The van der Waals surface area contributed by atoms with Crippen LogP contribution in [0.1, 0.15) is 0 Å². The molecular formula is C7H16O7S2Si. The summed E-state index contributed by atoms with van der Waals surface area (Å²) >= 11 is -2.33. The summed E-state index contributed by atoms with van der Waals surface area (Å²) in [6.45, 7) is 4.83. The monoisotopic (exact) mass is 304 g/mol. The Kier molecular flexibility index (Phi) is 7.31. The molecule has 1 unspecified atom stereocenters. The minimum Gasteiger partial charge on any atom is -0.294 e. The van der Waals surface area contributed by atoms with Crippen LogP contribution < -0.4 is 0 Å². The van der Waals surface area contributed by atoms with Crippen LogP contribution in [0.15, 0.2) is 12.2 Å². The first kappa shape index (κ1) is 16.9. The fourth-order valence-electron chi connectivity index (χ4n) is 0.686. The van der Waals surface area contributed by atoms with Gasteiger partial charge in [0.25, 0.3) is 0 Å². The van der Waals surface area contributed by atoms with Crippen molar-refractivity contribution in [1.29, 1.82) is 0 Å². The van der Waals surface area contributed by atoms with Crippen LogP contribution in [-0.2, 0) is 34.0 Å². The van der Waals surface area contributed by atoms with Crippen molar-refractivity contribution in [3.63, 3.8) is 0 Å². The second-order valence-corrected chi connectivity index (χ2v) is 10.5. The SMILES string of the molecule is C[Si](C)(C)OS(=O)(=O)OC/C=C/COS(=O)O. The molecule has 0 aromatic heterocycles. The molecule has 0 rings (SSSR count). The van der Waals surface area contributed by atoms with Crippen LogP contribution in [0.3, 0.4) is 0 Å². The maximum absolute atomic E-state index is 11.2. The van der Waals surface area contributed by atoms with Gasteiger partial charge in [0.1, 0.15) is 0 Å². The highest BCUT2D eigenvalue weighted by Crippen LogP contribution is 2.09. The maximum atomic E-state index is 11.2. The van der Waals surface area contributed by atoms with Crippen molar-refractivity contribution in [3.05, 3.63) is 12.2 Å². The first-order valence-corrected chi connectivity index (χ1v) is 10.4. The van der Waals surface area contributed by atoms with Gasteiger partial charge in [0.15, 0.2) is 0 Å². The van der Waals surface area contributed by atoms with E-state index in [-0.39, 0.29) is 13.2 Å². The van der Waals surface area contributed by atoms with Crippen LogP contribution in [0, 0.1) is 0 Å². The van der Waals surface area contributed by atoms with Gasteiger partial charge in [-0.1, -0.05) is 12.2 Å². The first-order valence-electron chi connectivity index (χ1n) is 4.61. The Morgan fingerprint density at radius 2 is 1.76 bits per heavy atom. The molecule has 1 N–H and O–H groups in total. The molecule has 0 radical (unpaired) electrons. The molecule has 17 heavy (non-hydrogen) atoms. The highest BCUT2D eigenvalue weighted by Gasteiger charge is 2.24. The second-order valence-electron chi connectivity index (χ2n) is 3.86. The van der Waals surface area contributed by atoms with Crippen molar-refractivity contribution in [1.82, 2.24) is 0 Å². The Morgan fingerprint density at radius 3 is 2.24 bits per heavy atom. The van der Waals surface area contributed by atoms with Crippen LogP contribution >= 0.6 is 0 Å². The van der Waals surface area contributed by atoms with E-state index in [1.54, 1.807) is 19.6 Å². The lowest BCUT2D eigenvalue weighted by Gasteiger charge is -2.15. The zero-order valence-electron chi connectivity index (χ0n) is 9.78. The van der Waals surface area contributed by atoms with E-state index in [0.29, 0.717) is 0 Å². The maximum Gasteiger partial charge on any atom is 0.390 e. The summed E-state index contributed by atoms with van der Waals surface area (Å²) in [5.41, 5.74) is 0. The van der Waals surface area contributed by atoms with E-state index in [1.165, 1.54) is 12.2 Å². The Balaban J connectivity index is 3.92. The summed E-state index contributed by atoms with van der Waals surface area (Å²) in [5, 5.41) is 0. The van der Waals surface area contributed by atoms with Crippen LogP contribution in [-0.4, -0.2) is 38.7 Å². The van der Waals surface area contributed by atoms with Crippen molar-refractivity contribution in [3.8, 4) is 0 Å². The van der Waals surface area contributed by atoms with Gasteiger partial charge in [-0.2, -0.15) is 12.6 Å². The highest BCUT2D eigenvalue weighted by molar-refractivity contribution is 7.83. The van der Waals surface area contributed by atoms with E-state index < -0.39 is 30.1 Å². The smallest absolute Gasteiger partial charge is 0.294 e. The van der Waals surface area contributed by atoms with Gasteiger partial charge in [-0.25, -0.2) is 4.18 Å². The molecule has 0 heterocycles. The summed E-state index contributed by atoms with van der Waals surface area (Å²) in [7, 11) is -6.20. The molecule has 10 heteroatoms. The fraction of sp³-hybridized carbons (Fsp3) is 0.714. The molecular weight excluding hydrogens is 288 g/mol. The second kappa shape index (κ2) is 7.36.